The lowest BCUT2D eigenvalue weighted by Crippen LogP contribution is -2.56. The number of nitrogens with zero attached hydrogens (tertiary/aromatic N) is 5. The number of rotatable bonds is 10. The van der Waals surface area contributed by atoms with Gasteiger partial charge in [0.15, 0.2) is 0 Å². The van der Waals surface area contributed by atoms with Crippen molar-refractivity contribution in [3.05, 3.63) is 138 Å². The molecule has 348 valence electrons. The summed E-state index contributed by atoms with van der Waals surface area (Å²) in [6.45, 7) is 5.62. The summed E-state index contributed by atoms with van der Waals surface area (Å²) in [5, 5.41) is 13.9. The lowest BCUT2D eigenvalue weighted by Gasteiger charge is -2.39. The predicted octanol–water partition coefficient (Wildman–Crippen LogP) is 10.5. The maximum absolute atomic E-state index is 14.7. The van der Waals surface area contributed by atoms with Crippen molar-refractivity contribution in [1.29, 1.82) is 0 Å². The predicted molar refractivity (Wildman–Crippen MR) is 265 cm³/mol. The van der Waals surface area contributed by atoms with E-state index in [9.17, 15) is 28.0 Å². The fourth-order valence-electron chi connectivity index (χ4n) is 8.08. The average molecular weight is 1000 g/mol. The van der Waals surface area contributed by atoms with Gasteiger partial charge in [-0.2, -0.15) is 0 Å². The van der Waals surface area contributed by atoms with Crippen LogP contribution in [0.25, 0.3) is 43.4 Å². The van der Waals surface area contributed by atoms with Gasteiger partial charge in [0, 0.05) is 65.5 Å². The number of nitrogens with one attached hydrogen (secondary N) is 5. The van der Waals surface area contributed by atoms with Crippen LogP contribution in [0.3, 0.4) is 0 Å². The molecule has 9 rings (SSSR count). The highest BCUT2D eigenvalue weighted by Gasteiger charge is 2.35. The number of halogens is 6. The zero-order valence-electron chi connectivity index (χ0n) is 36.2. The van der Waals surface area contributed by atoms with Crippen LogP contribution in [-0.2, 0) is 16.2 Å². The molecule has 0 saturated carbocycles. The molecular weight excluding hydrogens is 964 g/mol. The van der Waals surface area contributed by atoms with Gasteiger partial charge in [0.25, 0.3) is 11.1 Å². The molecule has 0 bridgehead atoms. The molecule has 1 saturated heterocycles. The Labute approximate surface area is 404 Å². The number of aromatic amines is 1. The standard InChI is InChI=1S/C47H38Cl4F2N10O5/c1-47(2,63-12-14-68-15-13-63)45(66)55-25-4-6-36-30(20-25)38-28(42(58-36)60-40-33(50)18-24(53)19-34(40)51)9-11-62(44(38)65)22-61(3)46(67)56-26-5-7-35-29(21-26)37-27(8-10-54-43(37)64)41(57-35)59-39-31(48)16-23(52)17-32(39)49/h4-11,16-21H,12-15,22H2,1-3H3,(H,54,64)(H,55,66)(H,56,67)(H,57,59)(H,58,60). The number of urea groups is 1. The van der Waals surface area contributed by atoms with E-state index in [-0.39, 0.29) is 66.4 Å². The van der Waals surface area contributed by atoms with E-state index in [1.165, 1.54) is 28.9 Å². The maximum atomic E-state index is 14.7. The molecule has 3 amide bonds. The second-order valence-corrected chi connectivity index (χ2v) is 18.1. The highest BCUT2D eigenvalue weighted by molar-refractivity contribution is 6.40. The first kappa shape index (κ1) is 46.5. The van der Waals surface area contributed by atoms with E-state index in [2.05, 4.69) is 26.3 Å². The van der Waals surface area contributed by atoms with E-state index < -0.39 is 34.3 Å². The molecule has 0 aliphatic carbocycles. The van der Waals surface area contributed by atoms with Crippen LogP contribution < -0.4 is 32.4 Å². The minimum absolute atomic E-state index is 0.00623. The van der Waals surface area contributed by atoms with E-state index in [1.807, 2.05) is 18.7 Å². The summed E-state index contributed by atoms with van der Waals surface area (Å²) in [4.78, 5) is 71.1. The Morgan fingerprint density at radius 1 is 0.735 bits per heavy atom. The van der Waals surface area contributed by atoms with Crippen LogP contribution in [0.15, 0.2) is 94.8 Å². The molecule has 0 unspecified atom stereocenters. The topological polar surface area (TPSA) is 179 Å². The summed E-state index contributed by atoms with van der Waals surface area (Å²) in [6, 6.07) is 16.8. The smallest absolute Gasteiger partial charge is 0.323 e. The second kappa shape index (κ2) is 18.5. The Morgan fingerprint density at radius 3 is 1.81 bits per heavy atom. The zero-order chi connectivity index (χ0) is 48.2. The Kier molecular flexibility index (Phi) is 12.6. The van der Waals surface area contributed by atoms with Crippen molar-refractivity contribution in [2.24, 2.45) is 0 Å². The lowest BCUT2D eigenvalue weighted by molar-refractivity contribution is -0.129. The number of morpholine rings is 1. The molecule has 0 atom stereocenters. The SMILES string of the molecule is CN(Cn1ccc2c(Nc3c(Cl)cc(F)cc3Cl)nc3ccc(NC(=O)C(C)(C)N4CCOCC4)cc3c2c1=O)C(=O)Nc1ccc2nc(Nc3c(Cl)cc(F)cc3Cl)c3cc[nH]c(=O)c3c2c1. The highest BCUT2D eigenvalue weighted by atomic mass is 35.5. The van der Waals surface area contributed by atoms with Gasteiger partial charge in [-0.15, -0.1) is 0 Å². The number of fused-ring (bicyclic) bond motifs is 6. The lowest BCUT2D eigenvalue weighted by atomic mass is 10.0. The van der Waals surface area contributed by atoms with E-state index in [0.29, 0.717) is 70.3 Å². The van der Waals surface area contributed by atoms with Crippen LogP contribution in [0.1, 0.15) is 13.8 Å². The van der Waals surface area contributed by atoms with Gasteiger partial charge >= 0.3 is 6.03 Å². The summed E-state index contributed by atoms with van der Waals surface area (Å²) >= 11 is 25.4. The van der Waals surface area contributed by atoms with Crippen LogP contribution >= 0.6 is 46.4 Å². The van der Waals surface area contributed by atoms with E-state index in [1.54, 1.807) is 48.5 Å². The monoisotopic (exact) mass is 1000 g/mol. The summed E-state index contributed by atoms with van der Waals surface area (Å²) in [5.74, 6) is -1.11. The van der Waals surface area contributed by atoms with Crippen LogP contribution in [0, 0.1) is 11.6 Å². The average Bonchev–Trinajstić information content (AvgIpc) is 3.29. The summed E-state index contributed by atoms with van der Waals surface area (Å²) in [7, 11) is 1.50. The minimum atomic E-state index is -0.884. The normalized spacial score (nSPS) is 13.3. The van der Waals surface area contributed by atoms with Crippen molar-refractivity contribution >= 4 is 136 Å². The Balaban J connectivity index is 1.04. The number of H-pyrrole nitrogens is 1. The number of pyridine rings is 4. The number of carbonyl (C=O) groups excluding carboxylic acids is 2. The second-order valence-electron chi connectivity index (χ2n) is 16.5. The first-order chi connectivity index (χ1) is 32.5. The molecule has 1 aliphatic heterocycles. The molecule has 68 heavy (non-hydrogen) atoms. The molecule has 1 fully saturated rings. The molecule has 0 radical (unpaired) electrons. The third-order valence-electron chi connectivity index (χ3n) is 11.7. The van der Waals surface area contributed by atoms with Crippen molar-refractivity contribution in [2.75, 3.05) is 54.6 Å². The van der Waals surface area contributed by atoms with Gasteiger partial charge in [0.1, 0.15) is 29.9 Å². The molecule has 15 nitrogen and oxygen atoms in total. The number of anilines is 6. The molecular formula is C47H38Cl4F2N10O5. The maximum Gasteiger partial charge on any atom is 0.323 e. The zero-order valence-corrected chi connectivity index (χ0v) is 39.2. The van der Waals surface area contributed by atoms with Gasteiger partial charge in [-0.1, -0.05) is 46.4 Å². The fourth-order valence-corrected chi connectivity index (χ4v) is 9.19. The number of aromatic nitrogens is 4. The Hall–Kier alpha value is -6.60. The fraction of sp³-hybridized carbons (Fsp3) is 0.191. The highest BCUT2D eigenvalue weighted by Crippen LogP contribution is 2.39. The molecule has 4 aromatic heterocycles. The number of benzene rings is 4. The quantitative estimate of drug-likeness (QED) is 0.0828. The van der Waals surface area contributed by atoms with Crippen LogP contribution in [-0.4, -0.2) is 80.1 Å². The molecule has 5 N–H and O–H groups in total. The van der Waals surface area contributed by atoms with E-state index in [4.69, 9.17) is 61.1 Å². The molecule has 8 aromatic rings. The van der Waals surface area contributed by atoms with E-state index >= 15 is 0 Å². The van der Waals surface area contributed by atoms with Crippen LogP contribution in [0.5, 0.6) is 0 Å². The van der Waals surface area contributed by atoms with Gasteiger partial charge in [-0.25, -0.2) is 23.5 Å². The number of hydrogen-bond acceptors (Lipinski definition) is 10. The van der Waals surface area contributed by atoms with Gasteiger partial charge in [-0.05, 0) is 86.6 Å². The van der Waals surface area contributed by atoms with E-state index in [0.717, 1.165) is 24.3 Å². The van der Waals surface area contributed by atoms with Gasteiger partial charge < -0.3 is 35.9 Å². The molecule has 0 spiro atoms. The van der Waals surface area contributed by atoms with Crippen molar-refractivity contribution < 1.29 is 23.1 Å². The van der Waals surface area contributed by atoms with Crippen molar-refractivity contribution in [3.8, 4) is 0 Å². The number of amides is 3. The molecule has 21 heteroatoms. The summed E-state index contributed by atoms with van der Waals surface area (Å²) < 4.78 is 34.9. The molecule has 1 aliphatic rings. The van der Waals surface area contributed by atoms with Crippen LogP contribution in [0.2, 0.25) is 20.1 Å². The number of ether oxygens (including phenoxy) is 1. The summed E-state index contributed by atoms with van der Waals surface area (Å²) in [6.07, 6.45) is 2.95. The molecule has 4 aromatic carbocycles. The third-order valence-corrected chi connectivity index (χ3v) is 12.9. The number of hydrogen-bond donors (Lipinski definition) is 5. The number of carbonyl (C=O) groups is 2. The van der Waals surface area contributed by atoms with Crippen LogP contribution in [0.4, 0.5) is 48.0 Å². The van der Waals surface area contributed by atoms with Crippen molar-refractivity contribution in [1.82, 2.24) is 29.3 Å². The summed E-state index contributed by atoms with van der Waals surface area (Å²) in [5.41, 5.74) is -0.00981. The van der Waals surface area contributed by atoms with Crippen molar-refractivity contribution in [2.45, 2.75) is 26.1 Å². The Morgan fingerprint density at radius 2 is 1.25 bits per heavy atom. The minimum Gasteiger partial charge on any atom is -0.379 e. The Bertz CT molecular complexity index is 3470. The van der Waals surface area contributed by atoms with Gasteiger partial charge in [0.05, 0.1) is 72.0 Å². The van der Waals surface area contributed by atoms with Gasteiger partial charge in [0.2, 0.25) is 5.91 Å². The first-order valence-corrected chi connectivity index (χ1v) is 22.4. The van der Waals surface area contributed by atoms with Crippen molar-refractivity contribution in [3.63, 3.8) is 0 Å². The molecule has 5 heterocycles. The first-order valence-electron chi connectivity index (χ1n) is 20.9. The largest absolute Gasteiger partial charge is 0.379 e. The van der Waals surface area contributed by atoms with Gasteiger partial charge in [-0.3, -0.25) is 23.9 Å². The third kappa shape index (κ3) is 8.96.